The van der Waals surface area contributed by atoms with Crippen molar-refractivity contribution in [2.24, 2.45) is 0 Å². The summed E-state index contributed by atoms with van der Waals surface area (Å²) in [6, 6.07) is 48.7. The van der Waals surface area contributed by atoms with Crippen LogP contribution in [0.1, 0.15) is 60.6 Å². The molecule has 5 atom stereocenters. The van der Waals surface area contributed by atoms with Crippen LogP contribution in [0.15, 0.2) is 168 Å². The Balaban J connectivity index is 1.35. The number of carbonyl (C=O) groups is 1. The highest BCUT2D eigenvalue weighted by atomic mass is 35.5. The van der Waals surface area contributed by atoms with Gasteiger partial charge >= 0.3 is 0 Å². The Labute approximate surface area is 349 Å². The Morgan fingerprint density at radius 3 is 1.52 bits per heavy atom. The van der Waals surface area contributed by atoms with Crippen LogP contribution in [0, 0.1) is 0 Å². The van der Waals surface area contributed by atoms with E-state index in [0.717, 1.165) is 39.8 Å². The van der Waals surface area contributed by atoms with Crippen molar-refractivity contribution in [2.45, 2.75) is 97.0 Å². The molecule has 6 nitrogen and oxygen atoms in total. The van der Waals surface area contributed by atoms with Crippen LogP contribution in [0.4, 0.5) is 0 Å². The normalized spacial score (nSPS) is 20.1. The number of hydrogen-bond acceptors (Lipinski definition) is 6. The molecule has 0 bridgehead atoms. The number of allylic oxidation sites excluding steroid dienone is 3. The van der Waals surface area contributed by atoms with Gasteiger partial charge in [-0.3, -0.25) is 4.79 Å². The van der Waals surface area contributed by atoms with E-state index in [1.807, 2.05) is 135 Å². The average molecular weight is 799 g/mol. The highest BCUT2D eigenvalue weighted by molar-refractivity contribution is 6.44. The molecule has 0 amide bonds. The van der Waals surface area contributed by atoms with Crippen LogP contribution in [0.3, 0.4) is 0 Å². The molecule has 5 aromatic rings. The molecule has 0 spiro atoms. The zero-order chi connectivity index (χ0) is 40.5. The van der Waals surface area contributed by atoms with Gasteiger partial charge in [-0.1, -0.05) is 171 Å². The third-order valence-corrected chi connectivity index (χ3v) is 10.9. The van der Waals surface area contributed by atoms with Gasteiger partial charge in [0.15, 0.2) is 5.78 Å². The molecule has 1 heterocycles. The van der Waals surface area contributed by atoms with Gasteiger partial charge in [-0.05, 0) is 76.8 Å². The van der Waals surface area contributed by atoms with Crippen LogP contribution in [0.25, 0.3) is 0 Å². The zero-order valence-corrected chi connectivity index (χ0v) is 34.6. The maximum absolute atomic E-state index is 14.1. The van der Waals surface area contributed by atoms with Crippen molar-refractivity contribution >= 4 is 17.4 Å². The van der Waals surface area contributed by atoms with Crippen molar-refractivity contribution in [1.29, 1.82) is 0 Å². The number of benzene rings is 5. The number of rotatable bonds is 20. The lowest BCUT2D eigenvalue weighted by atomic mass is 9.90. The van der Waals surface area contributed by atoms with Crippen LogP contribution < -0.4 is 0 Å². The Morgan fingerprint density at radius 2 is 1.03 bits per heavy atom. The number of carbonyl (C=O) groups excluding carboxylic acids is 1. The number of ketones is 1. The van der Waals surface area contributed by atoms with E-state index < -0.39 is 30.5 Å². The van der Waals surface area contributed by atoms with Crippen LogP contribution in [0.5, 0.6) is 0 Å². The first-order valence-corrected chi connectivity index (χ1v) is 20.7. The second-order valence-corrected chi connectivity index (χ2v) is 15.1. The molecule has 1 fully saturated rings. The summed E-state index contributed by atoms with van der Waals surface area (Å²) in [4.78, 5) is 14.1. The lowest BCUT2D eigenvalue weighted by Crippen LogP contribution is -2.61. The van der Waals surface area contributed by atoms with Crippen molar-refractivity contribution in [1.82, 2.24) is 0 Å². The molecule has 302 valence electrons. The molecule has 5 aromatic carbocycles. The van der Waals surface area contributed by atoms with E-state index in [-0.39, 0.29) is 17.4 Å². The average Bonchev–Trinajstić information content (AvgIpc) is 3.27. The molecule has 0 saturated carbocycles. The van der Waals surface area contributed by atoms with Crippen LogP contribution >= 0.6 is 11.6 Å². The molecule has 0 N–H and O–H groups in total. The second-order valence-electron chi connectivity index (χ2n) is 14.8. The first-order valence-electron chi connectivity index (χ1n) is 20.3. The molecule has 7 heteroatoms. The SMILES string of the molecule is CCC(Cc1ccc(CC)cc1)=C(Cl)C(=O)/C=C(\C)C1OC(COCc2ccccc2)C(OCc2ccccc2)C(OCc2ccccc2)C1OCc1ccccc1. The highest BCUT2D eigenvalue weighted by Crippen LogP contribution is 2.34. The van der Waals surface area contributed by atoms with Gasteiger partial charge in [0.25, 0.3) is 0 Å². The minimum atomic E-state index is -0.688. The fourth-order valence-corrected chi connectivity index (χ4v) is 7.43. The summed E-state index contributed by atoms with van der Waals surface area (Å²) in [6.45, 7) is 7.65. The maximum atomic E-state index is 14.1. The highest BCUT2D eigenvalue weighted by Gasteiger charge is 2.49. The molecule has 6 rings (SSSR count). The van der Waals surface area contributed by atoms with Crippen LogP contribution in [-0.4, -0.2) is 42.9 Å². The minimum Gasteiger partial charge on any atom is -0.374 e. The zero-order valence-electron chi connectivity index (χ0n) is 33.8. The summed E-state index contributed by atoms with van der Waals surface area (Å²) in [5.41, 5.74) is 8.03. The van der Waals surface area contributed by atoms with Crippen molar-refractivity contribution in [3.05, 3.63) is 201 Å². The van der Waals surface area contributed by atoms with E-state index in [0.29, 0.717) is 44.8 Å². The summed E-state index contributed by atoms with van der Waals surface area (Å²) in [5.74, 6) is -0.271. The van der Waals surface area contributed by atoms with Crippen molar-refractivity contribution in [2.75, 3.05) is 6.61 Å². The number of aryl methyl sites for hydroxylation is 1. The predicted octanol–water partition coefficient (Wildman–Crippen LogP) is 11.0. The van der Waals surface area contributed by atoms with E-state index >= 15 is 0 Å². The number of halogens is 1. The Bertz CT molecular complexity index is 2030. The summed E-state index contributed by atoms with van der Waals surface area (Å²) < 4.78 is 33.9. The van der Waals surface area contributed by atoms with Gasteiger partial charge in [-0.25, -0.2) is 0 Å². The lowest BCUT2D eigenvalue weighted by Gasteiger charge is -2.46. The van der Waals surface area contributed by atoms with Gasteiger partial charge in [-0.2, -0.15) is 0 Å². The van der Waals surface area contributed by atoms with Gasteiger partial charge in [-0.15, -0.1) is 0 Å². The molecule has 0 aromatic heterocycles. The Hall–Kier alpha value is -4.66. The van der Waals surface area contributed by atoms with Crippen molar-refractivity contribution < 1.29 is 28.5 Å². The van der Waals surface area contributed by atoms with Crippen molar-refractivity contribution in [3.63, 3.8) is 0 Å². The van der Waals surface area contributed by atoms with Gasteiger partial charge in [0.1, 0.15) is 30.5 Å². The van der Waals surface area contributed by atoms with Crippen molar-refractivity contribution in [3.8, 4) is 0 Å². The minimum absolute atomic E-state index is 0.222. The fourth-order valence-electron chi connectivity index (χ4n) is 7.18. The summed E-state index contributed by atoms with van der Waals surface area (Å²) in [6.07, 6.45) is 0.685. The molecule has 5 unspecified atom stereocenters. The summed E-state index contributed by atoms with van der Waals surface area (Å²) >= 11 is 6.94. The van der Waals surface area contributed by atoms with E-state index in [4.69, 9.17) is 35.3 Å². The fraction of sp³-hybridized carbons (Fsp3) is 0.314. The lowest BCUT2D eigenvalue weighted by molar-refractivity contribution is -0.265. The molecule has 1 aliphatic heterocycles. The third-order valence-electron chi connectivity index (χ3n) is 10.5. The van der Waals surface area contributed by atoms with Crippen LogP contribution in [-0.2, 0) is 67.7 Å². The summed E-state index contributed by atoms with van der Waals surface area (Å²) in [7, 11) is 0. The largest absolute Gasteiger partial charge is 0.374 e. The first kappa shape index (κ1) is 42.9. The van der Waals surface area contributed by atoms with Gasteiger partial charge in [0, 0.05) is 0 Å². The quantitative estimate of drug-likeness (QED) is 0.0731. The molecule has 1 saturated heterocycles. The molecular formula is C51H55ClO6. The van der Waals surface area contributed by atoms with E-state index in [1.165, 1.54) is 5.56 Å². The Kier molecular flexibility index (Phi) is 16.6. The molecule has 1 aliphatic rings. The molecule has 0 aliphatic carbocycles. The van der Waals surface area contributed by atoms with Gasteiger partial charge in [0.2, 0.25) is 0 Å². The Morgan fingerprint density at radius 1 is 0.586 bits per heavy atom. The van der Waals surface area contributed by atoms with Gasteiger partial charge in [0.05, 0.1) is 38.1 Å². The third kappa shape index (κ3) is 12.4. The predicted molar refractivity (Wildman–Crippen MR) is 231 cm³/mol. The number of hydrogen-bond donors (Lipinski definition) is 0. The van der Waals surface area contributed by atoms with E-state index in [2.05, 4.69) is 31.2 Å². The maximum Gasteiger partial charge on any atom is 0.197 e. The van der Waals surface area contributed by atoms with E-state index in [1.54, 1.807) is 6.08 Å². The van der Waals surface area contributed by atoms with Crippen LogP contribution in [0.2, 0.25) is 0 Å². The van der Waals surface area contributed by atoms with Gasteiger partial charge < -0.3 is 23.7 Å². The molecule has 0 radical (unpaired) electrons. The van der Waals surface area contributed by atoms with E-state index in [9.17, 15) is 4.79 Å². The number of ether oxygens (including phenoxy) is 5. The first-order chi connectivity index (χ1) is 28.4. The topological polar surface area (TPSA) is 63.2 Å². The standard InChI is InChI=1S/C51H55ClO6/c1-4-38-26-28-39(29-27-38)31-44(5-2)47(52)45(53)30-37(3)48-50(56-34-42-22-14-8-15-23-42)51(57-35-43-24-16-9-17-25-43)49(55-33-41-20-12-7-13-21-41)46(58-48)36-54-32-40-18-10-6-11-19-40/h6-30,46,48-51H,4-5,31-36H2,1-3H3/b37-30+,47-44?. The summed E-state index contributed by atoms with van der Waals surface area (Å²) in [5, 5.41) is 0.225. The molecular weight excluding hydrogens is 744 g/mol. The smallest absolute Gasteiger partial charge is 0.197 e. The monoisotopic (exact) mass is 798 g/mol. The second kappa shape index (κ2) is 22.5. The molecule has 58 heavy (non-hydrogen) atoms.